The van der Waals surface area contributed by atoms with Crippen molar-refractivity contribution in [3.05, 3.63) is 18.2 Å². The van der Waals surface area contributed by atoms with Gasteiger partial charge in [0, 0.05) is 24.8 Å². The number of likely N-dealkylation sites (N-methyl/N-ethyl adjacent to an activating group) is 1. The molecular formula is C13H17ClN2O3. The lowest BCUT2D eigenvalue weighted by Crippen LogP contribution is -2.38. The first-order valence-corrected chi connectivity index (χ1v) is 6.74. The number of nitrogens with zero attached hydrogens (tertiary/aromatic N) is 1. The van der Waals surface area contributed by atoms with Gasteiger partial charge in [0.2, 0.25) is 0 Å². The lowest BCUT2D eigenvalue weighted by molar-refractivity contribution is -0.121. The summed E-state index contributed by atoms with van der Waals surface area (Å²) in [5.74, 6) is 0.826. The van der Waals surface area contributed by atoms with Gasteiger partial charge < -0.3 is 20.1 Å². The van der Waals surface area contributed by atoms with Gasteiger partial charge in [0.05, 0.1) is 17.7 Å². The van der Waals surface area contributed by atoms with Gasteiger partial charge in [-0.1, -0.05) is 0 Å². The maximum absolute atomic E-state index is 11.7. The zero-order valence-corrected chi connectivity index (χ0v) is 11.5. The fourth-order valence-electron chi connectivity index (χ4n) is 1.95. The number of alkyl halides is 1. The van der Waals surface area contributed by atoms with Crippen LogP contribution in [0.1, 0.15) is 6.92 Å². The summed E-state index contributed by atoms with van der Waals surface area (Å²) in [6, 6.07) is 5.51. The highest BCUT2D eigenvalue weighted by atomic mass is 35.5. The van der Waals surface area contributed by atoms with E-state index in [-0.39, 0.29) is 18.4 Å². The van der Waals surface area contributed by atoms with Crippen molar-refractivity contribution in [3.8, 4) is 5.75 Å². The lowest BCUT2D eigenvalue weighted by Gasteiger charge is -2.28. The van der Waals surface area contributed by atoms with Crippen molar-refractivity contribution < 1.29 is 14.6 Å². The third kappa shape index (κ3) is 3.11. The van der Waals surface area contributed by atoms with Gasteiger partial charge >= 0.3 is 0 Å². The van der Waals surface area contributed by atoms with Crippen molar-refractivity contribution in [3.63, 3.8) is 0 Å². The van der Waals surface area contributed by atoms with Gasteiger partial charge in [-0.25, -0.2) is 0 Å². The Morgan fingerprint density at radius 2 is 2.37 bits per heavy atom. The van der Waals surface area contributed by atoms with Crippen LogP contribution in [0.25, 0.3) is 0 Å². The number of aliphatic hydroxyl groups excluding tert-OH is 1. The standard InChI is InChI=1S/C13H17ClN2O3/c1-2-16-11-4-3-9(15-7-10(17)6-14)5-12(11)19-8-13(16)18/h3-5,10,15,17H,2,6-8H2,1H3. The van der Waals surface area contributed by atoms with E-state index in [1.54, 1.807) is 4.90 Å². The molecule has 19 heavy (non-hydrogen) atoms. The van der Waals surface area contributed by atoms with Crippen LogP contribution in [0.15, 0.2) is 18.2 Å². The Kier molecular flexibility index (Phi) is 4.50. The second-order valence-electron chi connectivity index (χ2n) is 4.30. The summed E-state index contributed by atoms with van der Waals surface area (Å²) in [6.45, 7) is 2.98. The quantitative estimate of drug-likeness (QED) is 0.804. The zero-order valence-electron chi connectivity index (χ0n) is 10.7. The topological polar surface area (TPSA) is 61.8 Å². The molecule has 0 radical (unpaired) electrons. The van der Waals surface area contributed by atoms with Gasteiger partial charge in [-0.3, -0.25) is 4.79 Å². The number of rotatable bonds is 5. The third-order valence-electron chi connectivity index (χ3n) is 2.94. The zero-order chi connectivity index (χ0) is 13.8. The van der Waals surface area contributed by atoms with Crippen LogP contribution in [0.2, 0.25) is 0 Å². The highest BCUT2D eigenvalue weighted by Gasteiger charge is 2.24. The maximum atomic E-state index is 11.7. The summed E-state index contributed by atoms with van der Waals surface area (Å²) >= 11 is 5.53. The third-order valence-corrected chi connectivity index (χ3v) is 3.30. The number of carbonyl (C=O) groups is 1. The van der Waals surface area contributed by atoms with Crippen LogP contribution in [0, 0.1) is 0 Å². The van der Waals surface area contributed by atoms with Gasteiger partial charge in [-0.05, 0) is 19.1 Å². The minimum Gasteiger partial charge on any atom is -0.481 e. The van der Waals surface area contributed by atoms with Crippen molar-refractivity contribution in [2.45, 2.75) is 13.0 Å². The molecule has 0 spiro atoms. The minimum atomic E-state index is -0.590. The van der Waals surface area contributed by atoms with Crippen molar-refractivity contribution in [1.29, 1.82) is 0 Å². The number of hydrogen-bond acceptors (Lipinski definition) is 4. The highest BCUT2D eigenvalue weighted by molar-refractivity contribution is 6.18. The molecule has 0 aliphatic carbocycles. The molecule has 0 bridgehead atoms. The number of amides is 1. The lowest BCUT2D eigenvalue weighted by atomic mass is 10.2. The summed E-state index contributed by atoms with van der Waals surface area (Å²) in [4.78, 5) is 13.4. The highest BCUT2D eigenvalue weighted by Crippen LogP contribution is 2.34. The van der Waals surface area contributed by atoms with Gasteiger partial charge in [0.1, 0.15) is 5.75 Å². The van der Waals surface area contributed by atoms with Crippen LogP contribution < -0.4 is 15.0 Å². The smallest absolute Gasteiger partial charge is 0.265 e. The Labute approximate surface area is 117 Å². The molecule has 5 nitrogen and oxygen atoms in total. The Morgan fingerprint density at radius 3 is 3.05 bits per heavy atom. The van der Waals surface area contributed by atoms with Crippen LogP contribution in [-0.2, 0) is 4.79 Å². The van der Waals surface area contributed by atoms with Crippen molar-refractivity contribution in [1.82, 2.24) is 0 Å². The summed E-state index contributed by atoms with van der Waals surface area (Å²) in [5, 5.41) is 12.5. The van der Waals surface area contributed by atoms with E-state index >= 15 is 0 Å². The predicted molar refractivity (Wildman–Crippen MR) is 75.2 cm³/mol. The summed E-state index contributed by atoms with van der Waals surface area (Å²) in [7, 11) is 0. The second-order valence-corrected chi connectivity index (χ2v) is 4.61. The van der Waals surface area contributed by atoms with Crippen LogP contribution in [0.4, 0.5) is 11.4 Å². The number of ether oxygens (including phenoxy) is 1. The molecule has 1 amide bonds. The molecule has 1 aromatic rings. The van der Waals surface area contributed by atoms with E-state index in [9.17, 15) is 9.90 Å². The van der Waals surface area contributed by atoms with Crippen LogP contribution in [0.5, 0.6) is 5.75 Å². The molecule has 1 heterocycles. The van der Waals surface area contributed by atoms with Gasteiger partial charge in [0.15, 0.2) is 6.61 Å². The SMILES string of the molecule is CCN1C(=O)COc2cc(NCC(O)CCl)ccc21. The van der Waals surface area contributed by atoms with E-state index in [0.29, 0.717) is 18.8 Å². The van der Waals surface area contributed by atoms with Gasteiger partial charge in [-0.15, -0.1) is 11.6 Å². The molecule has 0 saturated heterocycles. The molecule has 6 heteroatoms. The van der Waals surface area contributed by atoms with Crippen LogP contribution in [0.3, 0.4) is 0 Å². The molecule has 2 N–H and O–H groups in total. The van der Waals surface area contributed by atoms with Crippen molar-refractivity contribution >= 4 is 28.9 Å². The van der Waals surface area contributed by atoms with E-state index in [2.05, 4.69) is 5.32 Å². The number of halogens is 1. The van der Waals surface area contributed by atoms with E-state index in [1.165, 1.54) is 0 Å². The second kappa shape index (κ2) is 6.12. The fraction of sp³-hybridized carbons (Fsp3) is 0.462. The first-order valence-electron chi connectivity index (χ1n) is 6.20. The molecule has 1 unspecified atom stereocenters. The summed E-state index contributed by atoms with van der Waals surface area (Å²) in [6.07, 6.45) is -0.590. The Bertz CT molecular complexity index is 467. The number of carbonyl (C=O) groups excluding carboxylic acids is 1. The van der Waals surface area contributed by atoms with Crippen molar-refractivity contribution in [2.75, 3.05) is 35.8 Å². The normalized spacial score (nSPS) is 15.7. The molecule has 0 saturated carbocycles. The molecule has 104 valence electrons. The van der Waals surface area contributed by atoms with Crippen LogP contribution in [-0.4, -0.2) is 42.7 Å². The molecule has 1 atom stereocenters. The molecular weight excluding hydrogens is 268 g/mol. The molecule has 1 aromatic carbocycles. The minimum absolute atomic E-state index is 0.0340. The van der Waals surface area contributed by atoms with E-state index < -0.39 is 6.10 Å². The largest absolute Gasteiger partial charge is 0.481 e. The number of nitrogens with one attached hydrogen (secondary N) is 1. The van der Waals surface area contributed by atoms with Crippen LogP contribution >= 0.6 is 11.6 Å². The number of hydrogen-bond donors (Lipinski definition) is 2. The molecule has 2 rings (SSSR count). The molecule has 0 fully saturated rings. The van der Waals surface area contributed by atoms with Crippen molar-refractivity contribution in [2.24, 2.45) is 0 Å². The summed E-state index contributed by atoms with van der Waals surface area (Å²) in [5.41, 5.74) is 1.61. The van der Waals surface area contributed by atoms with E-state index in [0.717, 1.165) is 11.4 Å². The summed E-state index contributed by atoms with van der Waals surface area (Å²) < 4.78 is 5.42. The first kappa shape index (κ1) is 14.0. The Morgan fingerprint density at radius 1 is 1.58 bits per heavy atom. The van der Waals surface area contributed by atoms with Gasteiger partial charge in [0.25, 0.3) is 5.91 Å². The number of aliphatic hydroxyl groups is 1. The average Bonchev–Trinajstić information content (AvgIpc) is 2.44. The maximum Gasteiger partial charge on any atom is 0.265 e. The number of anilines is 2. The predicted octanol–water partition coefficient (Wildman–Crippen LogP) is 1.44. The van der Waals surface area contributed by atoms with Gasteiger partial charge in [-0.2, -0.15) is 0 Å². The first-order chi connectivity index (χ1) is 9.15. The average molecular weight is 285 g/mol. The molecule has 1 aliphatic rings. The number of fused-ring (bicyclic) bond motifs is 1. The Balaban J connectivity index is 2.13. The fourth-order valence-corrected chi connectivity index (χ4v) is 2.06. The molecule has 0 aromatic heterocycles. The molecule has 1 aliphatic heterocycles. The number of benzene rings is 1. The van der Waals surface area contributed by atoms with E-state index in [1.807, 2.05) is 25.1 Å². The monoisotopic (exact) mass is 284 g/mol. The van der Waals surface area contributed by atoms with E-state index in [4.69, 9.17) is 16.3 Å². The Hall–Kier alpha value is -1.46.